The van der Waals surface area contributed by atoms with Gasteiger partial charge in [0.25, 0.3) is 0 Å². The Bertz CT molecular complexity index is 531. The van der Waals surface area contributed by atoms with E-state index in [9.17, 15) is 0 Å². The summed E-state index contributed by atoms with van der Waals surface area (Å²) in [6, 6.07) is 11.2. The molecule has 1 aromatic heterocycles. The highest BCUT2D eigenvalue weighted by atomic mass is 127. The van der Waals surface area contributed by atoms with Crippen LogP contribution in [0.4, 0.5) is 0 Å². The van der Waals surface area contributed by atoms with Gasteiger partial charge < -0.3 is 5.32 Å². The molecule has 0 aliphatic heterocycles. The first kappa shape index (κ1) is 14.5. The fraction of sp³-hybridized carbons (Fsp3) is 0.400. The second kappa shape index (κ2) is 6.52. The van der Waals surface area contributed by atoms with Gasteiger partial charge in [-0.15, -0.1) is 0 Å². The first-order valence-corrected chi connectivity index (χ1v) is 7.66. The lowest BCUT2D eigenvalue weighted by atomic mass is 10.0. The largest absolute Gasteiger partial charge is 0.310 e. The molecule has 1 heterocycles. The van der Waals surface area contributed by atoms with E-state index in [2.05, 4.69) is 70.3 Å². The molecule has 0 aliphatic rings. The van der Waals surface area contributed by atoms with Crippen molar-refractivity contribution in [3.05, 3.63) is 50.9 Å². The first-order valence-electron chi connectivity index (χ1n) is 6.58. The van der Waals surface area contributed by atoms with Crippen molar-refractivity contribution in [2.24, 2.45) is 7.05 Å². The molecular formula is C15H20IN3. The number of hydrogen-bond donors (Lipinski definition) is 1. The van der Waals surface area contributed by atoms with Gasteiger partial charge in [-0.1, -0.05) is 19.1 Å². The minimum absolute atomic E-state index is 0.344. The average Bonchev–Trinajstić information content (AvgIpc) is 2.68. The van der Waals surface area contributed by atoms with Crippen molar-refractivity contribution in [2.75, 3.05) is 6.54 Å². The van der Waals surface area contributed by atoms with E-state index in [0.717, 1.165) is 18.7 Å². The smallest absolute Gasteiger partial charge is 0.0596 e. The van der Waals surface area contributed by atoms with Crippen molar-refractivity contribution in [3.8, 4) is 0 Å². The Morgan fingerprint density at radius 2 is 2.00 bits per heavy atom. The van der Waals surface area contributed by atoms with Crippen LogP contribution in [-0.4, -0.2) is 16.3 Å². The molecule has 3 nitrogen and oxygen atoms in total. The van der Waals surface area contributed by atoms with Crippen molar-refractivity contribution in [2.45, 2.75) is 26.3 Å². The SMILES string of the molecule is CCNC(Cc1cc(C)nn1C)c1ccc(I)cc1. The number of nitrogens with zero attached hydrogens (tertiary/aromatic N) is 2. The Hall–Kier alpha value is -0.880. The summed E-state index contributed by atoms with van der Waals surface area (Å²) in [4.78, 5) is 0. The van der Waals surface area contributed by atoms with E-state index in [1.165, 1.54) is 14.8 Å². The summed E-state index contributed by atoms with van der Waals surface area (Å²) in [5.74, 6) is 0. The van der Waals surface area contributed by atoms with Gasteiger partial charge in [-0.3, -0.25) is 4.68 Å². The topological polar surface area (TPSA) is 29.9 Å². The summed E-state index contributed by atoms with van der Waals surface area (Å²) in [7, 11) is 2.01. The van der Waals surface area contributed by atoms with Gasteiger partial charge in [0.15, 0.2) is 0 Å². The predicted molar refractivity (Wildman–Crippen MR) is 87.2 cm³/mol. The molecule has 0 amide bonds. The van der Waals surface area contributed by atoms with Crippen LogP contribution in [0.25, 0.3) is 0 Å². The molecule has 2 aromatic rings. The van der Waals surface area contributed by atoms with E-state index < -0.39 is 0 Å². The van der Waals surface area contributed by atoms with Crippen molar-refractivity contribution >= 4 is 22.6 Å². The third-order valence-corrected chi connectivity index (χ3v) is 3.95. The summed E-state index contributed by atoms with van der Waals surface area (Å²) >= 11 is 2.34. The third kappa shape index (κ3) is 3.79. The standard InChI is InChI=1S/C15H20IN3/c1-4-17-15(12-5-7-13(16)8-6-12)10-14-9-11(2)18-19(14)3/h5-9,15,17H,4,10H2,1-3H3. The van der Waals surface area contributed by atoms with E-state index in [-0.39, 0.29) is 0 Å². The highest BCUT2D eigenvalue weighted by Gasteiger charge is 2.13. The van der Waals surface area contributed by atoms with Crippen molar-refractivity contribution in [1.29, 1.82) is 0 Å². The Kier molecular flexibility index (Phi) is 4.99. The van der Waals surface area contributed by atoms with Gasteiger partial charge in [-0.2, -0.15) is 5.10 Å². The van der Waals surface area contributed by atoms with Crippen LogP contribution < -0.4 is 5.32 Å². The Balaban J connectivity index is 2.20. The number of likely N-dealkylation sites (N-methyl/N-ethyl adjacent to an activating group) is 1. The molecule has 1 N–H and O–H groups in total. The maximum absolute atomic E-state index is 4.42. The summed E-state index contributed by atoms with van der Waals surface area (Å²) < 4.78 is 3.25. The summed E-state index contributed by atoms with van der Waals surface area (Å²) in [5, 5.41) is 7.98. The number of benzene rings is 1. The molecule has 4 heteroatoms. The average molecular weight is 369 g/mol. The molecule has 2 rings (SSSR count). The number of halogens is 1. The van der Waals surface area contributed by atoms with Gasteiger partial charge >= 0.3 is 0 Å². The fourth-order valence-corrected chi connectivity index (χ4v) is 2.67. The fourth-order valence-electron chi connectivity index (χ4n) is 2.31. The van der Waals surface area contributed by atoms with E-state index in [1.807, 2.05) is 18.7 Å². The zero-order valence-corrected chi connectivity index (χ0v) is 13.8. The van der Waals surface area contributed by atoms with Crippen LogP contribution in [0.5, 0.6) is 0 Å². The molecular weight excluding hydrogens is 349 g/mol. The molecule has 102 valence electrons. The third-order valence-electron chi connectivity index (χ3n) is 3.24. The second-order valence-electron chi connectivity index (χ2n) is 4.77. The number of rotatable bonds is 5. The summed E-state index contributed by atoms with van der Waals surface area (Å²) in [6.07, 6.45) is 0.964. The Morgan fingerprint density at radius 3 is 2.53 bits per heavy atom. The van der Waals surface area contributed by atoms with E-state index in [1.54, 1.807) is 0 Å². The van der Waals surface area contributed by atoms with Gasteiger partial charge in [-0.05, 0) is 59.8 Å². The van der Waals surface area contributed by atoms with Gasteiger partial charge in [0.1, 0.15) is 0 Å². The molecule has 1 unspecified atom stereocenters. The highest BCUT2D eigenvalue weighted by molar-refractivity contribution is 14.1. The first-order chi connectivity index (χ1) is 9.10. The van der Waals surface area contributed by atoms with Crippen LogP contribution >= 0.6 is 22.6 Å². The number of hydrogen-bond acceptors (Lipinski definition) is 2. The minimum Gasteiger partial charge on any atom is -0.310 e. The maximum atomic E-state index is 4.42. The van der Waals surface area contributed by atoms with Crippen LogP contribution in [0, 0.1) is 10.5 Å². The summed E-state index contributed by atoms with van der Waals surface area (Å²) in [5.41, 5.74) is 3.68. The van der Waals surface area contributed by atoms with Crippen LogP contribution in [0.2, 0.25) is 0 Å². The monoisotopic (exact) mass is 369 g/mol. The van der Waals surface area contributed by atoms with E-state index in [0.29, 0.717) is 6.04 Å². The molecule has 1 atom stereocenters. The normalized spacial score (nSPS) is 12.6. The van der Waals surface area contributed by atoms with Gasteiger partial charge in [0.05, 0.1) is 5.69 Å². The molecule has 0 spiro atoms. The lowest BCUT2D eigenvalue weighted by molar-refractivity contribution is 0.528. The van der Waals surface area contributed by atoms with Crippen molar-refractivity contribution < 1.29 is 0 Å². The van der Waals surface area contributed by atoms with E-state index in [4.69, 9.17) is 0 Å². The minimum atomic E-state index is 0.344. The molecule has 0 saturated heterocycles. The summed E-state index contributed by atoms with van der Waals surface area (Å²) in [6.45, 7) is 5.15. The van der Waals surface area contributed by atoms with Crippen molar-refractivity contribution in [3.63, 3.8) is 0 Å². The van der Waals surface area contributed by atoms with Gasteiger partial charge in [-0.25, -0.2) is 0 Å². The zero-order chi connectivity index (χ0) is 13.8. The molecule has 0 saturated carbocycles. The number of aryl methyl sites for hydroxylation is 2. The zero-order valence-electron chi connectivity index (χ0n) is 11.7. The van der Waals surface area contributed by atoms with Crippen LogP contribution in [0.15, 0.2) is 30.3 Å². The highest BCUT2D eigenvalue weighted by Crippen LogP contribution is 2.20. The lowest BCUT2D eigenvalue weighted by Gasteiger charge is -2.18. The molecule has 0 fully saturated rings. The van der Waals surface area contributed by atoms with Crippen molar-refractivity contribution in [1.82, 2.24) is 15.1 Å². The Morgan fingerprint density at radius 1 is 1.32 bits per heavy atom. The molecule has 1 aromatic carbocycles. The van der Waals surface area contributed by atoms with Crippen LogP contribution in [0.1, 0.15) is 29.9 Å². The quantitative estimate of drug-likeness (QED) is 0.821. The molecule has 0 bridgehead atoms. The van der Waals surface area contributed by atoms with E-state index >= 15 is 0 Å². The van der Waals surface area contributed by atoms with Gasteiger partial charge in [0, 0.05) is 28.8 Å². The predicted octanol–water partition coefficient (Wildman–Crippen LogP) is 3.23. The Labute approximate surface area is 128 Å². The second-order valence-corrected chi connectivity index (χ2v) is 6.01. The maximum Gasteiger partial charge on any atom is 0.0596 e. The number of aromatic nitrogens is 2. The molecule has 19 heavy (non-hydrogen) atoms. The lowest BCUT2D eigenvalue weighted by Crippen LogP contribution is -2.23. The molecule has 0 aliphatic carbocycles. The van der Waals surface area contributed by atoms with Gasteiger partial charge in [0.2, 0.25) is 0 Å². The number of nitrogens with one attached hydrogen (secondary N) is 1. The molecule has 0 radical (unpaired) electrons. The van der Waals surface area contributed by atoms with Crippen LogP contribution in [-0.2, 0) is 13.5 Å². The van der Waals surface area contributed by atoms with Crippen LogP contribution in [0.3, 0.4) is 0 Å².